The van der Waals surface area contributed by atoms with Gasteiger partial charge in [-0.05, 0) is 45.9 Å². The van der Waals surface area contributed by atoms with Crippen LogP contribution in [0, 0.1) is 0 Å². The number of halogens is 3. The van der Waals surface area contributed by atoms with E-state index in [1.165, 1.54) is 17.7 Å². The maximum absolute atomic E-state index is 12.3. The highest BCUT2D eigenvalue weighted by Crippen LogP contribution is 2.34. The summed E-state index contributed by atoms with van der Waals surface area (Å²) in [5.74, 6) is 0.196. The fourth-order valence-electron chi connectivity index (χ4n) is 2.89. The van der Waals surface area contributed by atoms with Gasteiger partial charge < -0.3 is 4.74 Å². The van der Waals surface area contributed by atoms with Gasteiger partial charge in [0.25, 0.3) is 0 Å². The molecule has 3 aromatic rings. The van der Waals surface area contributed by atoms with Crippen LogP contribution in [0.15, 0.2) is 72.8 Å². The van der Waals surface area contributed by atoms with Crippen LogP contribution in [-0.4, -0.2) is 6.36 Å². The SMILES string of the molecule is CC(C)c1cccc(-c2ccccc2-c2ccc(OC(F)(F)F)cc2)c1. The maximum atomic E-state index is 12.3. The van der Waals surface area contributed by atoms with Gasteiger partial charge in [0.2, 0.25) is 0 Å². The summed E-state index contributed by atoms with van der Waals surface area (Å²) in [4.78, 5) is 0. The van der Waals surface area contributed by atoms with E-state index in [9.17, 15) is 13.2 Å². The lowest BCUT2D eigenvalue weighted by atomic mass is 9.92. The molecule has 3 rings (SSSR count). The van der Waals surface area contributed by atoms with Crippen LogP contribution in [0.4, 0.5) is 13.2 Å². The largest absolute Gasteiger partial charge is 0.573 e. The van der Waals surface area contributed by atoms with Gasteiger partial charge in [-0.3, -0.25) is 0 Å². The number of rotatable bonds is 4. The molecule has 0 aliphatic carbocycles. The first-order valence-electron chi connectivity index (χ1n) is 8.39. The molecular weight excluding hydrogens is 337 g/mol. The molecule has 0 spiro atoms. The average molecular weight is 356 g/mol. The van der Waals surface area contributed by atoms with Gasteiger partial charge in [0.15, 0.2) is 0 Å². The number of benzene rings is 3. The van der Waals surface area contributed by atoms with Crippen molar-refractivity contribution in [2.75, 3.05) is 0 Å². The van der Waals surface area contributed by atoms with Crippen molar-refractivity contribution in [1.29, 1.82) is 0 Å². The molecule has 0 atom stereocenters. The van der Waals surface area contributed by atoms with Gasteiger partial charge >= 0.3 is 6.36 Å². The fourth-order valence-corrected chi connectivity index (χ4v) is 2.89. The number of ether oxygens (including phenoxy) is 1. The summed E-state index contributed by atoms with van der Waals surface area (Å²) in [6, 6.07) is 22.2. The van der Waals surface area contributed by atoms with Crippen LogP contribution >= 0.6 is 0 Å². The van der Waals surface area contributed by atoms with E-state index in [-0.39, 0.29) is 5.75 Å². The van der Waals surface area contributed by atoms with Crippen molar-refractivity contribution in [2.24, 2.45) is 0 Å². The van der Waals surface area contributed by atoms with Crippen LogP contribution in [0.1, 0.15) is 25.3 Å². The topological polar surface area (TPSA) is 9.23 Å². The molecule has 0 fully saturated rings. The highest BCUT2D eigenvalue weighted by atomic mass is 19.4. The van der Waals surface area contributed by atoms with Gasteiger partial charge in [-0.2, -0.15) is 0 Å². The van der Waals surface area contributed by atoms with Crippen molar-refractivity contribution in [1.82, 2.24) is 0 Å². The zero-order valence-corrected chi connectivity index (χ0v) is 14.5. The molecule has 0 N–H and O–H groups in total. The van der Waals surface area contributed by atoms with Crippen molar-refractivity contribution in [3.05, 3.63) is 78.4 Å². The minimum Gasteiger partial charge on any atom is -0.406 e. The van der Waals surface area contributed by atoms with E-state index in [0.717, 1.165) is 22.3 Å². The van der Waals surface area contributed by atoms with E-state index in [1.54, 1.807) is 12.1 Å². The molecule has 0 heterocycles. The van der Waals surface area contributed by atoms with Crippen LogP contribution < -0.4 is 4.74 Å². The standard InChI is InChI=1S/C22H19F3O/c1-15(2)17-6-5-7-18(14-17)21-9-4-3-8-20(21)16-10-12-19(13-11-16)26-22(23,24)25/h3-15H,1-2H3. The summed E-state index contributed by atoms with van der Waals surface area (Å²) in [5, 5.41) is 0. The van der Waals surface area contributed by atoms with Gasteiger partial charge in [0.05, 0.1) is 0 Å². The fraction of sp³-hybridized carbons (Fsp3) is 0.182. The van der Waals surface area contributed by atoms with Crippen LogP contribution in [0.2, 0.25) is 0 Å². The van der Waals surface area contributed by atoms with Crippen LogP contribution in [-0.2, 0) is 0 Å². The Bertz CT molecular complexity index is 880. The maximum Gasteiger partial charge on any atom is 0.573 e. The summed E-state index contributed by atoms with van der Waals surface area (Å²) >= 11 is 0. The Morgan fingerprint density at radius 1 is 0.731 bits per heavy atom. The Labute approximate surface area is 151 Å². The van der Waals surface area contributed by atoms with Gasteiger partial charge in [-0.15, -0.1) is 13.2 Å². The lowest BCUT2D eigenvalue weighted by Crippen LogP contribution is -2.16. The van der Waals surface area contributed by atoms with Crippen LogP contribution in [0.3, 0.4) is 0 Å². The monoisotopic (exact) mass is 356 g/mol. The summed E-state index contributed by atoms with van der Waals surface area (Å²) in [5.41, 5.74) is 5.17. The molecule has 0 bridgehead atoms. The average Bonchev–Trinajstić information content (AvgIpc) is 2.61. The third kappa shape index (κ3) is 4.26. The van der Waals surface area contributed by atoms with Crippen molar-refractivity contribution in [3.8, 4) is 28.0 Å². The minimum absolute atomic E-state index is 0.222. The van der Waals surface area contributed by atoms with Crippen molar-refractivity contribution < 1.29 is 17.9 Å². The molecule has 0 aliphatic heterocycles. The smallest absolute Gasteiger partial charge is 0.406 e. The zero-order chi connectivity index (χ0) is 18.7. The zero-order valence-electron chi connectivity index (χ0n) is 14.5. The van der Waals surface area contributed by atoms with Crippen molar-refractivity contribution in [3.63, 3.8) is 0 Å². The molecular formula is C22H19F3O. The normalized spacial score (nSPS) is 11.6. The van der Waals surface area contributed by atoms with E-state index < -0.39 is 6.36 Å². The molecule has 1 nitrogen and oxygen atoms in total. The molecule has 0 aliphatic rings. The Balaban J connectivity index is 1.99. The predicted octanol–water partition coefficient (Wildman–Crippen LogP) is 7.04. The molecule has 0 unspecified atom stereocenters. The van der Waals surface area contributed by atoms with E-state index in [1.807, 2.05) is 36.4 Å². The van der Waals surface area contributed by atoms with Crippen molar-refractivity contribution >= 4 is 0 Å². The third-order valence-corrected chi connectivity index (χ3v) is 4.19. The third-order valence-electron chi connectivity index (χ3n) is 4.19. The number of hydrogen-bond donors (Lipinski definition) is 0. The second kappa shape index (κ2) is 7.24. The Hall–Kier alpha value is -2.75. The highest BCUT2D eigenvalue weighted by molar-refractivity contribution is 5.83. The highest BCUT2D eigenvalue weighted by Gasteiger charge is 2.31. The van der Waals surface area contributed by atoms with Gasteiger partial charge in [-0.25, -0.2) is 0 Å². The molecule has 0 saturated heterocycles. The van der Waals surface area contributed by atoms with E-state index in [0.29, 0.717) is 5.92 Å². The second-order valence-electron chi connectivity index (χ2n) is 6.40. The molecule has 0 amide bonds. The first-order valence-corrected chi connectivity index (χ1v) is 8.39. The Kier molecular flexibility index (Phi) is 5.03. The summed E-state index contributed by atoms with van der Waals surface area (Å²) < 4.78 is 40.9. The second-order valence-corrected chi connectivity index (χ2v) is 6.40. The first-order chi connectivity index (χ1) is 12.3. The van der Waals surface area contributed by atoms with E-state index in [2.05, 4.69) is 30.7 Å². The quantitative estimate of drug-likeness (QED) is 0.487. The minimum atomic E-state index is -4.68. The number of alkyl halides is 3. The van der Waals surface area contributed by atoms with Crippen LogP contribution in [0.25, 0.3) is 22.3 Å². The van der Waals surface area contributed by atoms with Gasteiger partial charge in [-0.1, -0.05) is 74.5 Å². The molecule has 0 aromatic heterocycles. The Morgan fingerprint density at radius 3 is 1.92 bits per heavy atom. The summed E-state index contributed by atoms with van der Waals surface area (Å²) in [7, 11) is 0. The number of hydrogen-bond acceptors (Lipinski definition) is 1. The van der Waals surface area contributed by atoms with E-state index in [4.69, 9.17) is 0 Å². The molecule has 134 valence electrons. The van der Waals surface area contributed by atoms with Gasteiger partial charge in [0.1, 0.15) is 5.75 Å². The molecule has 4 heteroatoms. The van der Waals surface area contributed by atoms with Gasteiger partial charge in [0, 0.05) is 0 Å². The lowest BCUT2D eigenvalue weighted by molar-refractivity contribution is -0.274. The molecule has 3 aromatic carbocycles. The summed E-state index contributed by atoms with van der Waals surface area (Å²) in [6.45, 7) is 4.29. The molecule has 0 radical (unpaired) electrons. The van der Waals surface area contributed by atoms with Crippen LogP contribution in [0.5, 0.6) is 5.75 Å². The lowest BCUT2D eigenvalue weighted by Gasteiger charge is -2.14. The summed E-state index contributed by atoms with van der Waals surface area (Å²) in [6.07, 6.45) is -4.68. The van der Waals surface area contributed by atoms with E-state index >= 15 is 0 Å². The molecule has 26 heavy (non-hydrogen) atoms. The molecule has 0 saturated carbocycles. The first kappa shape index (κ1) is 18.1. The van der Waals surface area contributed by atoms with Crippen molar-refractivity contribution in [2.45, 2.75) is 26.1 Å². The predicted molar refractivity (Wildman–Crippen MR) is 98.1 cm³/mol. The Morgan fingerprint density at radius 2 is 1.35 bits per heavy atom.